The number of carbonyl (C=O) groups is 4. The van der Waals surface area contributed by atoms with Gasteiger partial charge in [-0.2, -0.15) is 63.4 Å². The number of nitriles is 2. The van der Waals surface area contributed by atoms with Gasteiger partial charge in [0.2, 0.25) is 24.0 Å². The number of piperazine rings is 2. The highest BCUT2D eigenvalue weighted by Gasteiger charge is 2.33. The molecule has 23 nitrogen and oxygen atoms in total. The van der Waals surface area contributed by atoms with E-state index in [0.29, 0.717) is 118 Å². The molecule has 2 saturated heterocycles. The van der Waals surface area contributed by atoms with Gasteiger partial charge in [-0.15, -0.1) is 12.4 Å². The molecule has 0 unspecified atom stereocenters. The molecule has 8 rings (SSSR count). The van der Waals surface area contributed by atoms with E-state index in [4.69, 9.17) is 35.6 Å². The lowest BCUT2D eigenvalue weighted by Crippen LogP contribution is -2.48. The molecule has 4 aromatic rings. The molecule has 8 heterocycles. The van der Waals surface area contributed by atoms with Gasteiger partial charge in [0.1, 0.15) is 41.1 Å². The minimum atomic E-state index is -0.756. The second-order valence-electron chi connectivity index (χ2n) is 26.2. The fraction of sp³-hybridized carbons (Fsp3) is 0.623. The van der Waals surface area contributed by atoms with Crippen LogP contribution in [0.3, 0.4) is 0 Å². The Bertz CT molecular complexity index is 3300. The Kier molecular flexibility index (Phi) is 36.5. The molecule has 4 aromatic heterocycles. The van der Waals surface area contributed by atoms with Gasteiger partial charge in [-0.05, 0) is 164 Å². The van der Waals surface area contributed by atoms with Crippen molar-refractivity contribution < 1.29 is 33.4 Å². The smallest absolute Gasteiger partial charge is 0.328 e. The maximum absolute atomic E-state index is 13.6. The van der Waals surface area contributed by atoms with Crippen molar-refractivity contribution in [1.29, 1.82) is 10.5 Å². The van der Waals surface area contributed by atoms with Crippen LogP contribution in [0.1, 0.15) is 152 Å². The zero-order valence-corrected chi connectivity index (χ0v) is 62.8. The van der Waals surface area contributed by atoms with Crippen LogP contribution < -0.4 is 36.6 Å². The second kappa shape index (κ2) is 40.5. The summed E-state index contributed by atoms with van der Waals surface area (Å²) in [5, 5.41) is 25.0. The summed E-state index contributed by atoms with van der Waals surface area (Å²) in [5.74, 6) is 2.44. The summed E-state index contributed by atoms with van der Waals surface area (Å²) in [5.41, 5.74) is 17.5. The number of nitrogens with one attached hydrogen (secondary N) is 2. The first-order valence-corrected chi connectivity index (χ1v) is 35.8. The van der Waals surface area contributed by atoms with Crippen molar-refractivity contribution in [3.63, 3.8) is 0 Å². The fourth-order valence-electron chi connectivity index (χ4n) is 10.1. The van der Waals surface area contributed by atoms with Crippen LogP contribution in [0.25, 0.3) is 0 Å². The predicted octanol–water partition coefficient (Wildman–Crippen LogP) is 11.1. The number of pyridine rings is 4. The Morgan fingerprint density at radius 1 is 0.629 bits per heavy atom. The summed E-state index contributed by atoms with van der Waals surface area (Å²) in [6.07, 6.45) is 14.8. The van der Waals surface area contributed by atoms with Gasteiger partial charge in [0.25, 0.3) is 0 Å². The summed E-state index contributed by atoms with van der Waals surface area (Å²) in [6, 6.07) is 11.4. The first-order valence-electron chi connectivity index (χ1n) is 31.7. The van der Waals surface area contributed by atoms with Crippen molar-refractivity contribution >= 4 is 107 Å². The highest BCUT2D eigenvalue weighted by atomic mass is 35.5. The van der Waals surface area contributed by atoms with Gasteiger partial charge in [-0.25, -0.2) is 24.5 Å². The van der Waals surface area contributed by atoms with Crippen LogP contribution in [0.4, 0.5) is 32.9 Å². The van der Waals surface area contributed by atoms with Crippen LogP contribution in [0, 0.1) is 22.7 Å². The zero-order chi connectivity index (χ0) is 69.7. The quantitative estimate of drug-likeness (QED) is 0.0383. The molecule has 0 saturated carbocycles. The molecular formula is C69H111ClN16O7S4. The molecule has 540 valence electrons. The van der Waals surface area contributed by atoms with E-state index in [1.54, 1.807) is 78.5 Å². The Balaban J connectivity index is 0.000000544. The van der Waals surface area contributed by atoms with Crippen molar-refractivity contribution in [1.82, 2.24) is 39.5 Å². The summed E-state index contributed by atoms with van der Waals surface area (Å²) in [7, 11) is 8.51. The number of methoxy groups -OCH3 is 3. The number of likely N-dealkylation sites (N-methyl/N-ethyl adjacent to an activating group) is 2. The Labute approximate surface area is 603 Å². The normalized spacial score (nSPS) is 15.0. The van der Waals surface area contributed by atoms with Gasteiger partial charge in [-0.3, -0.25) is 39.8 Å². The van der Waals surface area contributed by atoms with E-state index in [0.717, 1.165) is 91.5 Å². The van der Waals surface area contributed by atoms with E-state index in [1.165, 1.54) is 12.4 Å². The van der Waals surface area contributed by atoms with Crippen molar-refractivity contribution in [3.8, 4) is 18.0 Å². The monoisotopic (exact) mass is 1440 g/mol. The SMILES string of the molecule is C.C.CC(C)(S)CN.COC(OC)c1nc2c(cc1CN1CCN(C)CC1=O)CCCN2C(=O)Nc1cc(CCC(C)(C)SC)c(C#N)cn1.COc1nc2c(cc1CN1CCN(C)CC1=O)CCCN2C(=O)Nc1cc(CCC(C)(C)SC)c(C#N)cn1.CSC(C)(C)CN.Cl. The van der Waals surface area contributed by atoms with Crippen molar-refractivity contribution in [2.45, 2.75) is 160 Å². The molecule has 0 aromatic carbocycles. The lowest BCUT2D eigenvalue weighted by Gasteiger charge is -2.34. The average molecular weight is 1440 g/mol. The van der Waals surface area contributed by atoms with Gasteiger partial charge in [0, 0.05) is 110 Å². The molecule has 0 spiro atoms. The Hall–Kier alpha value is -5.69. The molecule has 6 N–H and O–H groups in total. The third kappa shape index (κ3) is 26.4. The molecular weight excluding hydrogens is 1330 g/mol. The van der Waals surface area contributed by atoms with E-state index >= 15 is 0 Å². The van der Waals surface area contributed by atoms with Gasteiger partial charge in [0.15, 0.2) is 0 Å². The predicted molar refractivity (Wildman–Crippen MR) is 406 cm³/mol. The standard InChI is InChI=1S/C30H41N7O4S.C28H37N7O3S.C5H13NS.C4H11NS.2CH4.ClH/c1-30(2,42-6)10-9-20-15-24(32-17-23(20)16-31)33-29(39)37-11-7-8-21-14-22(18-36-13-12-35(3)19-25(36)38)26(34-27(21)37)28(40-4)41-5;1-28(2,39-5)9-8-19-14-23(30-16-22(19)15-29)31-27(37)35-10-6-7-20-13-21(26(38-4)32-25(20)35)17-34-12-11-33(3)18-24(34)36;1-5(2,4-6)7-3;1-4(2,6)3-5;;;/h14-15,17,28H,7-13,18-19H2,1-6H3,(H,32,33,39);13-14,16H,6-12,17-18H2,1-5H3,(H,30,31,37);4,6H2,1-3H3;6H,3,5H2,1-2H3;2*1H4;1H. The lowest BCUT2D eigenvalue weighted by atomic mass is 9.99. The van der Waals surface area contributed by atoms with Crippen molar-refractivity contribution in [2.75, 3.05) is 140 Å². The maximum atomic E-state index is 13.6. The highest BCUT2D eigenvalue weighted by Crippen LogP contribution is 2.36. The van der Waals surface area contributed by atoms with E-state index in [1.807, 2.05) is 59.7 Å². The number of urea groups is 2. The highest BCUT2D eigenvalue weighted by molar-refractivity contribution is 8.00. The van der Waals surface area contributed by atoms with Crippen molar-refractivity contribution in [2.24, 2.45) is 11.5 Å². The molecule has 97 heavy (non-hydrogen) atoms. The maximum Gasteiger partial charge on any atom is 0.328 e. The molecule has 28 heteroatoms. The number of carbonyl (C=O) groups excluding carboxylic acids is 4. The number of anilines is 4. The van der Waals surface area contributed by atoms with E-state index in [-0.39, 0.29) is 70.1 Å². The van der Waals surface area contributed by atoms with Crippen LogP contribution in [0.15, 0.2) is 36.7 Å². The average Bonchev–Trinajstić information content (AvgIpc) is 0.784. The number of hydrogen-bond acceptors (Lipinski definition) is 21. The summed E-state index contributed by atoms with van der Waals surface area (Å²) in [4.78, 5) is 81.4. The number of rotatable bonds is 21. The number of aromatic nitrogens is 4. The fourth-order valence-corrected chi connectivity index (χ4v) is 10.9. The molecule has 0 atom stereocenters. The third-order valence-corrected chi connectivity index (χ3v) is 21.0. The van der Waals surface area contributed by atoms with Gasteiger partial charge in [0.05, 0.1) is 37.9 Å². The minimum absolute atomic E-state index is 0. The molecule has 2 fully saturated rings. The van der Waals surface area contributed by atoms with Gasteiger partial charge >= 0.3 is 12.1 Å². The second-order valence-corrected chi connectivity index (χ2v) is 32.0. The number of nitrogens with zero attached hydrogens (tertiary/aromatic N) is 12. The zero-order valence-electron chi connectivity index (χ0n) is 58.6. The molecule has 6 amide bonds. The van der Waals surface area contributed by atoms with Crippen LogP contribution in [-0.4, -0.2) is 202 Å². The van der Waals surface area contributed by atoms with Crippen LogP contribution in [-0.2, 0) is 57.8 Å². The number of thioether (sulfide) groups is 3. The Morgan fingerprint density at radius 3 is 1.38 bits per heavy atom. The van der Waals surface area contributed by atoms with E-state index < -0.39 is 6.29 Å². The number of nitrogens with two attached hydrogens (primary N) is 2. The number of amides is 6. The number of halogens is 1. The molecule has 0 aliphatic carbocycles. The number of hydrogen-bond donors (Lipinski definition) is 5. The summed E-state index contributed by atoms with van der Waals surface area (Å²) >= 11 is 9.50. The summed E-state index contributed by atoms with van der Waals surface area (Å²) in [6.45, 7) is 23.8. The number of fused-ring (bicyclic) bond motifs is 2. The summed E-state index contributed by atoms with van der Waals surface area (Å²) < 4.78 is 17.2. The number of thiol groups is 1. The molecule has 4 aliphatic rings. The number of ether oxygens (including phenoxy) is 3. The largest absolute Gasteiger partial charge is 0.481 e. The molecule has 0 radical (unpaired) electrons. The lowest BCUT2D eigenvalue weighted by molar-refractivity contribution is -0.136. The Morgan fingerprint density at radius 2 is 1.03 bits per heavy atom. The molecule has 4 aliphatic heterocycles. The van der Waals surface area contributed by atoms with Crippen LogP contribution in [0.2, 0.25) is 0 Å². The van der Waals surface area contributed by atoms with E-state index in [9.17, 15) is 29.7 Å². The number of aryl methyl sites for hydroxylation is 4. The van der Waals surface area contributed by atoms with Crippen molar-refractivity contribution in [3.05, 3.63) is 86.9 Å². The van der Waals surface area contributed by atoms with E-state index in [2.05, 4.69) is 106 Å². The van der Waals surface area contributed by atoms with Gasteiger partial charge < -0.3 is 35.5 Å². The first kappa shape index (κ1) is 87.4. The third-order valence-electron chi connectivity index (χ3n) is 16.9. The van der Waals surface area contributed by atoms with Crippen LogP contribution in [0.5, 0.6) is 5.88 Å². The van der Waals surface area contributed by atoms with Crippen LogP contribution >= 0.6 is 60.3 Å². The molecule has 0 bridgehead atoms. The first-order chi connectivity index (χ1) is 44.4. The topological polar surface area (TPSA) is 291 Å². The minimum Gasteiger partial charge on any atom is -0.481 e. The van der Waals surface area contributed by atoms with Gasteiger partial charge in [-0.1, -0.05) is 42.5 Å².